The number of nitrogens with zero attached hydrogens (tertiary/aromatic N) is 2. The van der Waals surface area contributed by atoms with Gasteiger partial charge in [0, 0.05) is 10.6 Å². The zero-order valence-electron chi connectivity index (χ0n) is 10.9. The van der Waals surface area contributed by atoms with Crippen LogP contribution in [0.5, 0.6) is 0 Å². The van der Waals surface area contributed by atoms with Crippen LogP contribution < -0.4 is 5.73 Å². The monoisotopic (exact) mass is 321 g/mol. The van der Waals surface area contributed by atoms with E-state index in [0.29, 0.717) is 16.5 Å². The first-order valence-corrected chi connectivity index (χ1v) is 8.04. The fourth-order valence-corrected chi connectivity index (χ4v) is 3.57. The van der Waals surface area contributed by atoms with Gasteiger partial charge in [0.2, 0.25) is 5.95 Å². The smallest absolute Gasteiger partial charge is 0.236 e. The summed E-state index contributed by atoms with van der Waals surface area (Å²) >= 11 is 3.04. The van der Waals surface area contributed by atoms with Crippen molar-refractivity contribution in [2.45, 2.75) is 4.90 Å². The van der Waals surface area contributed by atoms with Crippen molar-refractivity contribution in [3.8, 4) is 10.7 Å². The van der Waals surface area contributed by atoms with Crippen LogP contribution in [0.4, 0.5) is 10.1 Å². The number of pyridine rings is 1. The van der Waals surface area contributed by atoms with Gasteiger partial charge in [-0.3, -0.25) is 0 Å². The summed E-state index contributed by atoms with van der Waals surface area (Å²) in [6.45, 7) is 0.144. The Hall–Kier alpha value is -1.70. The van der Waals surface area contributed by atoms with E-state index in [1.807, 2.05) is 18.2 Å². The van der Waals surface area contributed by atoms with Gasteiger partial charge < -0.3 is 10.8 Å². The molecule has 4 nitrogen and oxygen atoms in total. The lowest BCUT2D eigenvalue weighted by Gasteiger charge is -1.97. The second-order valence-electron chi connectivity index (χ2n) is 4.30. The number of thioether (sulfide) groups is 1. The standard InChI is InChI=1S/C14H12FN3OS2/c15-13-9(16)2-4-11(17-13)14-18-10-3-1-8(20-6-5-19)7-12(10)21-14/h1-4,7,19H,5-6,16H2. The van der Waals surface area contributed by atoms with E-state index in [9.17, 15) is 4.39 Å². The molecule has 0 bridgehead atoms. The molecule has 0 atom stereocenters. The predicted octanol–water partition coefficient (Wildman–Crippen LogP) is 3.16. The molecule has 0 fully saturated rings. The number of fused-ring (bicyclic) bond motifs is 1. The van der Waals surface area contributed by atoms with Crippen molar-refractivity contribution in [2.24, 2.45) is 0 Å². The SMILES string of the molecule is Nc1ccc(-c2nc3ccc(SCCO)cc3s2)nc1F. The highest BCUT2D eigenvalue weighted by atomic mass is 32.2. The number of benzene rings is 1. The highest BCUT2D eigenvalue weighted by Crippen LogP contribution is 2.32. The Morgan fingerprint density at radius 3 is 2.86 bits per heavy atom. The molecule has 3 aromatic rings. The molecule has 0 aliphatic rings. The number of anilines is 1. The molecule has 108 valence electrons. The summed E-state index contributed by atoms with van der Waals surface area (Å²) in [5.74, 6) is -0.0204. The summed E-state index contributed by atoms with van der Waals surface area (Å²) in [5, 5.41) is 9.52. The molecule has 7 heteroatoms. The number of nitrogen functional groups attached to an aromatic ring is 1. The third-order valence-electron chi connectivity index (χ3n) is 2.82. The molecule has 3 rings (SSSR count). The number of aliphatic hydroxyl groups excluding tert-OH is 1. The molecule has 0 saturated heterocycles. The molecule has 0 unspecified atom stereocenters. The summed E-state index contributed by atoms with van der Waals surface area (Å²) < 4.78 is 14.4. The zero-order chi connectivity index (χ0) is 14.8. The van der Waals surface area contributed by atoms with E-state index >= 15 is 0 Å². The van der Waals surface area contributed by atoms with Crippen LogP contribution in [0, 0.1) is 5.95 Å². The topological polar surface area (TPSA) is 72.0 Å². The van der Waals surface area contributed by atoms with E-state index in [1.54, 1.807) is 17.8 Å². The second-order valence-corrected chi connectivity index (χ2v) is 6.50. The molecule has 0 aliphatic heterocycles. The van der Waals surface area contributed by atoms with Crippen LogP contribution in [0.15, 0.2) is 35.2 Å². The van der Waals surface area contributed by atoms with Crippen molar-refractivity contribution in [3.63, 3.8) is 0 Å². The van der Waals surface area contributed by atoms with Crippen LogP contribution in [-0.2, 0) is 0 Å². The molecule has 2 aromatic heterocycles. The number of rotatable bonds is 4. The summed E-state index contributed by atoms with van der Waals surface area (Å²) in [6.07, 6.45) is 0. The largest absolute Gasteiger partial charge is 0.396 e. The fourth-order valence-electron chi connectivity index (χ4n) is 1.83. The Morgan fingerprint density at radius 1 is 1.24 bits per heavy atom. The first-order chi connectivity index (χ1) is 10.2. The van der Waals surface area contributed by atoms with Crippen molar-refractivity contribution in [3.05, 3.63) is 36.3 Å². The molecule has 1 aromatic carbocycles. The molecule has 2 heterocycles. The predicted molar refractivity (Wildman–Crippen MR) is 85.0 cm³/mol. The van der Waals surface area contributed by atoms with Crippen LogP contribution >= 0.6 is 23.1 Å². The highest BCUT2D eigenvalue weighted by Gasteiger charge is 2.10. The van der Waals surface area contributed by atoms with Gasteiger partial charge in [-0.05, 0) is 30.3 Å². The number of nitrogens with two attached hydrogens (primary N) is 1. The lowest BCUT2D eigenvalue weighted by Crippen LogP contribution is -1.94. The Bertz CT molecular complexity index is 791. The maximum absolute atomic E-state index is 13.4. The number of hydrogen-bond acceptors (Lipinski definition) is 6. The number of aromatic nitrogens is 2. The van der Waals surface area contributed by atoms with Gasteiger partial charge in [-0.15, -0.1) is 23.1 Å². The molecule has 21 heavy (non-hydrogen) atoms. The lowest BCUT2D eigenvalue weighted by molar-refractivity contribution is 0.322. The minimum Gasteiger partial charge on any atom is -0.396 e. The van der Waals surface area contributed by atoms with Gasteiger partial charge in [0.15, 0.2) is 0 Å². The molecule has 0 radical (unpaired) electrons. The van der Waals surface area contributed by atoms with Crippen molar-refractivity contribution in [1.82, 2.24) is 9.97 Å². The molecule has 0 amide bonds. The normalized spacial score (nSPS) is 11.1. The van der Waals surface area contributed by atoms with Gasteiger partial charge in [0.25, 0.3) is 0 Å². The second kappa shape index (κ2) is 5.97. The van der Waals surface area contributed by atoms with Gasteiger partial charge in [-0.25, -0.2) is 9.97 Å². The molecule has 0 aliphatic carbocycles. The van der Waals surface area contributed by atoms with Gasteiger partial charge in [-0.1, -0.05) is 0 Å². The number of hydrogen-bond donors (Lipinski definition) is 2. The quantitative estimate of drug-likeness (QED) is 0.570. The van der Waals surface area contributed by atoms with E-state index in [4.69, 9.17) is 10.8 Å². The van der Waals surface area contributed by atoms with Crippen LogP contribution in [0.25, 0.3) is 20.9 Å². The Kier molecular flexibility index (Phi) is 4.05. The van der Waals surface area contributed by atoms with Crippen LogP contribution in [0.3, 0.4) is 0 Å². The van der Waals surface area contributed by atoms with E-state index in [0.717, 1.165) is 15.1 Å². The van der Waals surface area contributed by atoms with Crippen LogP contribution in [0.2, 0.25) is 0 Å². The molecule has 0 spiro atoms. The third kappa shape index (κ3) is 2.99. The first kappa shape index (κ1) is 14.2. The summed E-state index contributed by atoms with van der Waals surface area (Å²) in [4.78, 5) is 9.37. The Morgan fingerprint density at radius 2 is 2.10 bits per heavy atom. The van der Waals surface area contributed by atoms with Crippen molar-refractivity contribution >= 4 is 39.0 Å². The maximum Gasteiger partial charge on any atom is 0.236 e. The van der Waals surface area contributed by atoms with Gasteiger partial charge >= 0.3 is 0 Å². The number of halogens is 1. The van der Waals surface area contributed by atoms with Crippen molar-refractivity contribution < 1.29 is 9.50 Å². The Balaban J connectivity index is 1.98. The molecule has 0 saturated carbocycles. The third-order valence-corrected chi connectivity index (χ3v) is 4.83. The highest BCUT2D eigenvalue weighted by molar-refractivity contribution is 7.99. The van der Waals surface area contributed by atoms with E-state index in [1.165, 1.54) is 17.4 Å². The summed E-state index contributed by atoms with van der Waals surface area (Å²) in [6, 6.07) is 9.06. The van der Waals surface area contributed by atoms with Crippen molar-refractivity contribution in [1.29, 1.82) is 0 Å². The number of thiazole rings is 1. The molecule has 3 N–H and O–H groups in total. The van der Waals surface area contributed by atoms with Crippen LogP contribution in [0.1, 0.15) is 0 Å². The summed E-state index contributed by atoms with van der Waals surface area (Å²) in [7, 11) is 0. The fraction of sp³-hybridized carbons (Fsp3) is 0.143. The molecular formula is C14H12FN3OS2. The average Bonchev–Trinajstić information content (AvgIpc) is 2.91. The average molecular weight is 321 g/mol. The van der Waals surface area contributed by atoms with Crippen molar-refractivity contribution in [2.75, 3.05) is 18.1 Å². The summed E-state index contributed by atoms with van der Waals surface area (Å²) in [5.41, 5.74) is 6.79. The molecular weight excluding hydrogens is 309 g/mol. The zero-order valence-corrected chi connectivity index (χ0v) is 12.5. The van der Waals surface area contributed by atoms with Gasteiger partial charge in [0.05, 0.1) is 22.5 Å². The Labute approximate surface area is 128 Å². The lowest BCUT2D eigenvalue weighted by atomic mass is 10.3. The number of aliphatic hydroxyl groups is 1. The first-order valence-electron chi connectivity index (χ1n) is 6.24. The van der Waals surface area contributed by atoms with Gasteiger partial charge in [0.1, 0.15) is 10.7 Å². The van der Waals surface area contributed by atoms with E-state index in [2.05, 4.69) is 9.97 Å². The van der Waals surface area contributed by atoms with E-state index in [-0.39, 0.29) is 12.3 Å². The maximum atomic E-state index is 13.4. The minimum absolute atomic E-state index is 0.0301. The van der Waals surface area contributed by atoms with Crippen LogP contribution in [-0.4, -0.2) is 27.4 Å². The van der Waals surface area contributed by atoms with Gasteiger partial charge in [-0.2, -0.15) is 4.39 Å². The minimum atomic E-state index is -0.675. The van der Waals surface area contributed by atoms with E-state index < -0.39 is 5.95 Å².